The molecule has 1 atom stereocenters. The lowest BCUT2D eigenvalue weighted by Gasteiger charge is -2.14. The minimum atomic E-state index is -0.362. The lowest BCUT2D eigenvalue weighted by molar-refractivity contribution is -0.116. The molecule has 146 valence electrons. The van der Waals surface area contributed by atoms with Gasteiger partial charge in [-0.1, -0.05) is 0 Å². The van der Waals surface area contributed by atoms with Crippen LogP contribution in [0.3, 0.4) is 0 Å². The zero-order valence-corrected chi connectivity index (χ0v) is 15.9. The lowest BCUT2D eigenvalue weighted by atomic mass is 10.1. The molecule has 1 amide bonds. The van der Waals surface area contributed by atoms with Crippen molar-refractivity contribution in [3.8, 4) is 11.5 Å². The van der Waals surface area contributed by atoms with E-state index in [1.807, 2.05) is 19.9 Å². The molecule has 3 aromatic rings. The van der Waals surface area contributed by atoms with Gasteiger partial charge in [0.1, 0.15) is 35.9 Å². The predicted octanol–water partition coefficient (Wildman–Crippen LogP) is 1.49. The summed E-state index contributed by atoms with van der Waals surface area (Å²) in [5.74, 6) is 0.960. The molecule has 2 aromatic heterocycles. The summed E-state index contributed by atoms with van der Waals surface area (Å²) in [5, 5.41) is 7.21. The molecular formula is C19H21N5O4. The number of nitrogens with zero attached hydrogens (tertiary/aromatic N) is 4. The molecule has 0 aliphatic carbocycles. The fourth-order valence-electron chi connectivity index (χ4n) is 3.34. The minimum absolute atomic E-state index is 0.0892. The first-order valence-electron chi connectivity index (χ1n) is 9.09. The number of benzene rings is 1. The van der Waals surface area contributed by atoms with Crippen molar-refractivity contribution in [1.82, 2.24) is 19.3 Å². The van der Waals surface area contributed by atoms with Gasteiger partial charge >= 0.3 is 0 Å². The van der Waals surface area contributed by atoms with E-state index in [-0.39, 0.29) is 24.1 Å². The first-order chi connectivity index (χ1) is 13.5. The standard InChI is InChI=1S/C19H21N5O4/c1-4-27-16-6-12-5-11(2)28-15(12)7-14(16)22-17(25)9-24-10-20-18-13(19(24)26)8-21-23(18)3/h6-8,10-11H,4-5,9H2,1-3H3,(H,22,25)/t11-/m1/s1. The van der Waals surface area contributed by atoms with Crippen molar-refractivity contribution in [2.45, 2.75) is 32.9 Å². The molecule has 9 nitrogen and oxygen atoms in total. The Morgan fingerprint density at radius 3 is 3.04 bits per heavy atom. The largest absolute Gasteiger partial charge is 0.492 e. The monoisotopic (exact) mass is 383 g/mol. The van der Waals surface area contributed by atoms with E-state index in [0.717, 1.165) is 17.7 Å². The highest BCUT2D eigenvalue weighted by Crippen LogP contribution is 2.38. The number of ether oxygens (including phenoxy) is 2. The maximum absolute atomic E-state index is 12.6. The summed E-state index contributed by atoms with van der Waals surface area (Å²) in [6.45, 7) is 4.18. The zero-order chi connectivity index (χ0) is 19.8. The van der Waals surface area contributed by atoms with Crippen LogP contribution >= 0.6 is 0 Å². The third-order valence-corrected chi connectivity index (χ3v) is 4.60. The topological polar surface area (TPSA) is 100 Å². The molecule has 3 heterocycles. The molecule has 9 heteroatoms. The van der Waals surface area contributed by atoms with Crippen molar-refractivity contribution < 1.29 is 14.3 Å². The molecule has 0 unspecified atom stereocenters. The van der Waals surface area contributed by atoms with Crippen LogP contribution in [0.5, 0.6) is 11.5 Å². The summed E-state index contributed by atoms with van der Waals surface area (Å²) >= 11 is 0. The van der Waals surface area contributed by atoms with Crippen LogP contribution in [0.15, 0.2) is 29.5 Å². The zero-order valence-electron chi connectivity index (χ0n) is 15.9. The van der Waals surface area contributed by atoms with Crippen molar-refractivity contribution >= 4 is 22.6 Å². The first kappa shape index (κ1) is 18.0. The Hall–Kier alpha value is -3.36. The van der Waals surface area contributed by atoms with Crippen molar-refractivity contribution in [2.75, 3.05) is 11.9 Å². The first-order valence-corrected chi connectivity index (χ1v) is 9.09. The van der Waals surface area contributed by atoms with Gasteiger partial charge in [0.2, 0.25) is 5.91 Å². The third kappa shape index (κ3) is 3.19. The number of hydrogen-bond donors (Lipinski definition) is 1. The molecule has 0 fully saturated rings. The summed E-state index contributed by atoms with van der Waals surface area (Å²) in [6.07, 6.45) is 3.69. The van der Waals surface area contributed by atoms with Crippen LogP contribution in [-0.2, 0) is 24.8 Å². The number of aryl methyl sites for hydroxylation is 1. The van der Waals surface area contributed by atoms with Gasteiger partial charge in [0, 0.05) is 25.1 Å². The van der Waals surface area contributed by atoms with Crippen LogP contribution < -0.4 is 20.3 Å². The molecule has 1 N–H and O–H groups in total. The molecule has 28 heavy (non-hydrogen) atoms. The van der Waals surface area contributed by atoms with Crippen LogP contribution in [-0.4, -0.2) is 37.9 Å². The van der Waals surface area contributed by atoms with Gasteiger partial charge in [0.25, 0.3) is 5.56 Å². The number of carbonyl (C=O) groups excluding carboxylic acids is 1. The van der Waals surface area contributed by atoms with Gasteiger partial charge in [-0.2, -0.15) is 5.10 Å². The quantitative estimate of drug-likeness (QED) is 0.717. The Balaban J connectivity index is 1.58. The molecule has 1 aliphatic rings. The van der Waals surface area contributed by atoms with Gasteiger partial charge < -0.3 is 14.8 Å². The summed E-state index contributed by atoms with van der Waals surface area (Å²) in [5.41, 5.74) is 1.73. The SMILES string of the molecule is CCOc1cc2c(cc1NC(=O)Cn1cnc3c(cnn3C)c1=O)O[C@H](C)C2. The van der Waals surface area contributed by atoms with E-state index in [0.29, 0.717) is 29.1 Å². The highest BCUT2D eigenvalue weighted by Gasteiger charge is 2.23. The smallest absolute Gasteiger partial charge is 0.264 e. The average molecular weight is 383 g/mol. The van der Waals surface area contributed by atoms with Crippen LogP contribution in [0.25, 0.3) is 11.0 Å². The summed E-state index contributed by atoms with van der Waals surface area (Å²) in [6, 6.07) is 3.67. The van der Waals surface area contributed by atoms with E-state index < -0.39 is 0 Å². The van der Waals surface area contributed by atoms with E-state index in [1.165, 1.54) is 21.8 Å². The van der Waals surface area contributed by atoms with Gasteiger partial charge in [-0.15, -0.1) is 0 Å². The molecule has 0 bridgehead atoms. The second-order valence-corrected chi connectivity index (χ2v) is 6.75. The number of fused-ring (bicyclic) bond motifs is 2. The molecule has 0 saturated heterocycles. The van der Waals surface area contributed by atoms with Gasteiger partial charge in [-0.25, -0.2) is 4.98 Å². The van der Waals surface area contributed by atoms with Crippen molar-refractivity contribution in [1.29, 1.82) is 0 Å². The summed E-state index contributed by atoms with van der Waals surface area (Å²) in [7, 11) is 1.71. The fraction of sp³-hybridized carbons (Fsp3) is 0.368. The molecular weight excluding hydrogens is 362 g/mol. The molecule has 4 rings (SSSR count). The number of hydrogen-bond acceptors (Lipinski definition) is 6. The second-order valence-electron chi connectivity index (χ2n) is 6.75. The van der Waals surface area contributed by atoms with E-state index in [9.17, 15) is 9.59 Å². The van der Waals surface area contributed by atoms with Crippen LogP contribution in [0.2, 0.25) is 0 Å². The van der Waals surface area contributed by atoms with E-state index >= 15 is 0 Å². The van der Waals surface area contributed by atoms with Crippen LogP contribution in [0.1, 0.15) is 19.4 Å². The van der Waals surface area contributed by atoms with Gasteiger partial charge in [-0.3, -0.25) is 18.8 Å². The molecule has 1 aliphatic heterocycles. The normalized spacial score (nSPS) is 15.3. The Morgan fingerprint density at radius 1 is 1.43 bits per heavy atom. The second kappa shape index (κ2) is 6.99. The number of aromatic nitrogens is 4. The minimum Gasteiger partial charge on any atom is -0.492 e. The molecule has 0 spiro atoms. The van der Waals surface area contributed by atoms with E-state index in [4.69, 9.17) is 9.47 Å². The van der Waals surface area contributed by atoms with Crippen LogP contribution in [0, 0.1) is 0 Å². The van der Waals surface area contributed by atoms with Crippen LogP contribution in [0.4, 0.5) is 5.69 Å². The van der Waals surface area contributed by atoms with Gasteiger partial charge in [0.05, 0.1) is 18.5 Å². The maximum atomic E-state index is 12.6. The fourth-order valence-corrected chi connectivity index (χ4v) is 3.34. The summed E-state index contributed by atoms with van der Waals surface area (Å²) in [4.78, 5) is 29.3. The number of nitrogens with one attached hydrogen (secondary N) is 1. The highest BCUT2D eigenvalue weighted by atomic mass is 16.5. The third-order valence-electron chi connectivity index (χ3n) is 4.60. The summed E-state index contributed by atoms with van der Waals surface area (Å²) < 4.78 is 14.2. The van der Waals surface area contributed by atoms with Crippen molar-refractivity contribution in [3.63, 3.8) is 0 Å². The Kier molecular flexibility index (Phi) is 4.50. The van der Waals surface area contributed by atoms with E-state index in [1.54, 1.807) is 13.1 Å². The number of amides is 1. The predicted molar refractivity (Wildman–Crippen MR) is 103 cm³/mol. The Morgan fingerprint density at radius 2 is 2.25 bits per heavy atom. The Labute approximate surface area is 160 Å². The van der Waals surface area contributed by atoms with Crippen molar-refractivity contribution in [3.05, 3.63) is 40.6 Å². The van der Waals surface area contributed by atoms with Crippen molar-refractivity contribution in [2.24, 2.45) is 7.05 Å². The molecule has 0 radical (unpaired) electrons. The highest BCUT2D eigenvalue weighted by molar-refractivity contribution is 5.92. The van der Waals surface area contributed by atoms with Gasteiger partial charge in [0.15, 0.2) is 5.65 Å². The number of carbonyl (C=O) groups is 1. The van der Waals surface area contributed by atoms with Gasteiger partial charge in [-0.05, 0) is 19.9 Å². The number of anilines is 1. The van der Waals surface area contributed by atoms with E-state index in [2.05, 4.69) is 15.4 Å². The lowest BCUT2D eigenvalue weighted by Crippen LogP contribution is -2.28. The maximum Gasteiger partial charge on any atom is 0.264 e. The molecule has 1 aromatic carbocycles. The average Bonchev–Trinajstić information content (AvgIpc) is 3.20. The number of rotatable bonds is 5. The Bertz CT molecular complexity index is 1120. The molecule has 0 saturated carbocycles.